The summed E-state index contributed by atoms with van der Waals surface area (Å²) < 4.78 is 46.2. The maximum Gasteiger partial charge on any atom is 0.416 e. The average molecular weight is 499 g/mol. The van der Waals surface area contributed by atoms with Gasteiger partial charge >= 0.3 is 11.9 Å². The van der Waals surface area contributed by atoms with Gasteiger partial charge in [0.1, 0.15) is 12.3 Å². The number of aliphatic hydroxyl groups excluding tert-OH is 1. The normalized spacial score (nSPS) is 12.8. The van der Waals surface area contributed by atoms with E-state index in [0.717, 1.165) is 9.25 Å². The summed E-state index contributed by atoms with van der Waals surface area (Å²) in [5.74, 6) is 0.384. The molecule has 1 N–H and O–H groups in total. The summed E-state index contributed by atoms with van der Waals surface area (Å²) >= 11 is 12.0. The first kappa shape index (κ1) is 23.1. The van der Waals surface area contributed by atoms with Gasteiger partial charge in [-0.3, -0.25) is 4.57 Å². The van der Waals surface area contributed by atoms with Gasteiger partial charge in [-0.05, 0) is 36.4 Å². The van der Waals surface area contributed by atoms with Crippen LogP contribution in [0.2, 0.25) is 10.0 Å². The van der Waals surface area contributed by atoms with E-state index < -0.39 is 24.5 Å². The topological polar surface area (TPSA) is 86.1 Å². The zero-order valence-electron chi connectivity index (χ0n) is 16.6. The number of nitrogens with zero attached hydrogens (tertiary/aromatic N) is 4. The third-order valence-electron chi connectivity index (χ3n) is 4.72. The summed E-state index contributed by atoms with van der Waals surface area (Å²) in [7, 11) is 0. The van der Waals surface area contributed by atoms with E-state index in [4.69, 9.17) is 27.6 Å². The summed E-state index contributed by atoms with van der Waals surface area (Å²) in [5, 5.41) is 14.5. The number of oxazole rings is 1. The summed E-state index contributed by atoms with van der Waals surface area (Å²) in [6, 6.07) is 12.9. The Morgan fingerprint density at radius 2 is 1.79 bits per heavy atom. The first-order valence-corrected chi connectivity index (χ1v) is 10.3. The Kier molecular flexibility index (Phi) is 6.33. The fourth-order valence-corrected chi connectivity index (χ4v) is 3.43. The second kappa shape index (κ2) is 9.05. The maximum atomic E-state index is 13.0. The van der Waals surface area contributed by atoms with Crippen LogP contribution in [0.15, 0.2) is 63.9 Å². The Balaban J connectivity index is 1.71. The van der Waals surface area contributed by atoms with E-state index >= 15 is 0 Å². The molecule has 0 saturated heterocycles. The second-order valence-corrected chi connectivity index (χ2v) is 7.89. The molecule has 172 valence electrons. The molecule has 0 saturated carbocycles. The van der Waals surface area contributed by atoms with Crippen LogP contribution in [0.3, 0.4) is 0 Å². The molecule has 0 fully saturated rings. The Bertz CT molecular complexity index is 1330. The zero-order chi connectivity index (χ0) is 23.8. The Morgan fingerprint density at radius 3 is 2.45 bits per heavy atom. The molecule has 2 aromatic heterocycles. The zero-order valence-corrected chi connectivity index (χ0v) is 18.1. The van der Waals surface area contributed by atoms with E-state index in [1.165, 1.54) is 30.5 Å². The van der Waals surface area contributed by atoms with Gasteiger partial charge in [-0.15, -0.1) is 5.10 Å². The van der Waals surface area contributed by atoms with Gasteiger partial charge in [-0.2, -0.15) is 13.2 Å². The van der Waals surface area contributed by atoms with Crippen molar-refractivity contribution >= 4 is 23.2 Å². The number of hydrogen-bond acceptors (Lipinski definition) is 5. The van der Waals surface area contributed by atoms with Crippen LogP contribution in [0.25, 0.3) is 22.8 Å². The van der Waals surface area contributed by atoms with Crippen molar-refractivity contribution in [1.29, 1.82) is 0 Å². The molecule has 1 unspecified atom stereocenters. The molecule has 0 aliphatic rings. The molecule has 0 aliphatic heterocycles. The maximum absolute atomic E-state index is 13.0. The number of halogens is 5. The predicted molar refractivity (Wildman–Crippen MR) is 115 cm³/mol. The monoisotopic (exact) mass is 498 g/mol. The lowest BCUT2D eigenvalue weighted by molar-refractivity contribution is -0.207. The second-order valence-electron chi connectivity index (χ2n) is 7.05. The van der Waals surface area contributed by atoms with E-state index in [9.17, 15) is 23.1 Å². The van der Waals surface area contributed by atoms with Crippen LogP contribution in [0, 0.1) is 0 Å². The van der Waals surface area contributed by atoms with Crippen LogP contribution in [-0.2, 0) is 13.1 Å². The van der Waals surface area contributed by atoms with Gasteiger partial charge in [0.25, 0.3) is 0 Å². The first-order chi connectivity index (χ1) is 15.6. The van der Waals surface area contributed by atoms with Crippen molar-refractivity contribution in [3.63, 3.8) is 0 Å². The molecular formula is C21H15Cl2F3N4O3. The van der Waals surface area contributed by atoms with Crippen molar-refractivity contribution in [2.45, 2.75) is 25.4 Å². The van der Waals surface area contributed by atoms with Crippen molar-refractivity contribution < 1.29 is 22.7 Å². The summed E-state index contributed by atoms with van der Waals surface area (Å²) in [5.41, 5.74) is 0.0244. The molecule has 0 amide bonds. The van der Waals surface area contributed by atoms with Crippen molar-refractivity contribution in [1.82, 2.24) is 19.3 Å². The molecule has 2 aromatic carbocycles. The van der Waals surface area contributed by atoms with E-state index in [2.05, 4.69) is 10.1 Å². The van der Waals surface area contributed by atoms with Crippen LogP contribution in [0.1, 0.15) is 5.76 Å². The fourth-order valence-electron chi connectivity index (χ4n) is 3.08. The Labute approximate surface area is 194 Å². The number of aromatic nitrogens is 4. The van der Waals surface area contributed by atoms with Gasteiger partial charge in [0, 0.05) is 10.6 Å². The molecule has 0 bridgehead atoms. The lowest BCUT2D eigenvalue weighted by Crippen LogP contribution is -2.37. The van der Waals surface area contributed by atoms with Crippen molar-refractivity contribution in [3.05, 3.63) is 81.0 Å². The summed E-state index contributed by atoms with van der Waals surface area (Å²) in [6.07, 6.45) is -6.29. The number of benzene rings is 2. The van der Waals surface area contributed by atoms with Crippen LogP contribution in [0.4, 0.5) is 13.2 Å². The van der Waals surface area contributed by atoms with E-state index in [0.29, 0.717) is 21.2 Å². The quantitative estimate of drug-likeness (QED) is 0.418. The molecule has 0 radical (unpaired) electrons. The molecule has 1 atom stereocenters. The molecule has 4 rings (SSSR count). The molecule has 4 aromatic rings. The largest absolute Gasteiger partial charge is 0.439 e. The van der Waals surface area contributed by atoms with Gasteiger partial charge in [0.05, 0.1) is 23.3 Å². The Morgan fingerprint density at radius 1 is 1.09 bits per heavy atom. The van der Waals surface area contributed by atoms with E-state index in [-0.39, 0.29) is 24.0 Å². The van der Waals surface area contributed by atoms with Crippen LogP contribution >= 0.6 is 23.2 Å². The number of aliphatic hydroxyl groups is 1. The van der Waals surface area contributed by atoms with Gasteiger partial charge in [0.15, 0.2) is 11.9 Å². The molecular weight excluding hydrogens is 484 g/mol. The highest BCUT2D eigenvalue weighted by molar-refractivity contribution is 6.33. The Hall–Kier alpha value is -3.08. The number of alkyl halides is 3. The SMILES string of the molecule is O=c1n(Cc2cnc(-c3ccccc3Cl)o2)nc(-c2ccc(Cl)cc2)n1CC(O)C(F)(F)F. The molecule has 0 aliphatic carbocycles. The van der Waals surface area contributed by atoms with Crippen molar-refractivity contribution in [3.8, 4) is 22.8 Å². The number of hydrogen-bond donors (Lipinski definition) is 1. The lowest BCUT2D eigenvalue weighted by Gasteiger charge is -2.15. The minimum atomic E-state index is -4.91. The van der Waals surface area contributed by atoms with Crippen LogP contribution in [-0.4, -0.2) is 36.7 Å². The standard InChI is InChI=1S/C21H15Cl2F3N4O3/c22-13-7-5-12(6-8-13)18-28-30(20(32)29(18)11-17(31)21(24,25)26)10-14-9-27-19(33-14)15-3-1-2-4-16(15)23/h1-9,17,31H,10-11H2. The third-order valence-corrected chi connectivity index (χ3v) is 5.30. The average Bonchev–Trinajstić information content (AvgIpc) is 3.34. The van der Waals surface area contributed by atoms with E-state index in [1.807, 2.05) is 0 Å². The van der Waals surface area contributed by atoms with Crippen LogP contribution in [0.5, 0.6) is 0 Å². The highest BCUT2D eigenvalue weighted by Gasteiger charge is 2.39. The van der Waals surface area contributed by atoms with Gasteiger partial charge in [-0.25, -0.2) is 14.5 Å². The molecule has 7 nitrogen and oxygen atoms in total. The molecule has 0 spiro atoms. The predicted octanol–water partition coefficient (Wildman–Crippen LogP) is 4.65. The first-order valence-electron chi connectivity index (χ1n) is 9.51. The van der Waals surface area contributed by atoms with Crippen molar-refractivity contribution in [2.75, 3.05) is 0 Å². The highest BCUT2D eigenvalue weighted by atomic mass is 35.5. The minimum absolute atomic E-state index is 0.0641. The number of rotatable bonds is 6. The summed E-state index contributed by atoms with van der Waals surface area (Å²) in [6.45, 7) is -1.23. The molecule has 2 heterocycles. The summed E-state index contributed by atoms with van der Waals surface area (Å²) in [4.78, 5) is 17.0. The highest BCUT2D eigenvalue weighted by Crippen LogP contribution is 2.27. The molecule has 33 heavy (non-hydrogen) atoms. The van der Waals surface area contributed by atoms with Gasteiger partial charge in [-0.1, -0.05) is 35.3 Å². The molecule has 12 heteroatoms. The minimum Gasteiger partial charge on any atom is -0.439 e. The van der Waals surface area contributed by atoms with E-state index in [1.54, 1.807) is 24.3 Å². The lowest BCUT2D eigenvalue weighted by atomic mass is 10.2. The fraction of sp³-hybridized carbons (Fsp3) is 0.190. The van der Waals surface area contributed by atoms with Gasteiger partial charge < -0.3 is 9.52 Å². The smallest absolute Gasteiger partial charge is 0.416 e. The third kappa shape index (κ3) is 4.97. The van der Waals surface area contributed by atoms with Crippen LogP contribution < -0.4 is 5.69 Å². The van der Waals surface area contributed by atoms with Crippen molar-refractivity contribution in [2.24, 2.45) is 0 Å². The van der Waals surface area contributed by atoms with Gasteiger partial charge in [0.2, 0.25) is 5.89 Å².